The van der Waals surface area contributed by atoms with E-state index >= 15 is 0 Å². The van der Waals surface area contributed by atoms with Crippen molar-refractivity contribution in [2.75, 3.05) is 0 Å². The van der Waals surface area contributed by atoms with Gasteiger partial charge in [0.25, 0.3) is 5.91 Å². The number of hydrogen-bond donors (Lipinski definition) is 2. The van der Waals surface area contributed by atoms with Crippen LogP contribution in [-0.2, 0) is 6.61 Å². The van der Waals surface area contributed by atoms with Gasteiger partial charge in [-0.2, -0.15) is 5.10 Å². The number of rotatable bonds is 6. The molecule has 0 aliphatic rings. The molecule has 31 heavy (non-hydrogen) atoms. The maximum absolute atomic E-state index is 14.7. The van der Waals surface area contributed by atoms with Crippen molar-refractivity contribution in [1.29, 1.82) is 0 Å². The molecule has 9 heteroatoms. The van der Waals surface area contributed by atoms with Crippen molar-refractivity contribution < 1.29 is 22.7 Å². The van der Waals surface area contributed by atoms with Crippen molar-refractivity contribution >= 4 is 5.91 Å². The summed E-state index contributed by atoms with van der Waals surface area (Å²) in [6, 6.07) is 14.0. The first-order valence-corrected chi connectivity index (χ1v) is 9.10. The lowest BCUT2D eigenvalue weighted by Crippen LogP contribution is -2.12. The molecule has 6 nitrogen and oxygen atoms in total. The molecule has 0 saturated heterocycles. The number of nitrogens with one attached hydrogen (secondary N) is 1. The third-order valence-electron chi connectivity index (χ3n) is 4.52. The molecule has 0 atom stereocenters. The Morgan fingerprint density at radius 3 is 2.52 bits per heavy atom. The molecule has 0 radical (unpaired) electrons. The minimum absolute atomic E-state index is 0.120. The second kappa shape index (κ2) is 8.31. The first kappa shape index (κ1) is 20.1. The third-order valence-corrected chi connectivity index (χ3v) is 4.52. The zero-order valence-corrected chi connectivity index (χ0v) is 15.9. The monoisotopic (exact) mass is 424 g/mol. The van der Waals surface area contributed by atoms with Crippen LogP contribution in [-0.4, -0.2) is 21.1 Å². The molecule has 1 heterocycles. The second-order valence-electron chi connectivity index (χ2n) is 6.59. The number of para-hydroxylation sites is 1. The minimum Gasteiger partial charge on any atom is -0.488 e. The Balaban J connectivity index is 1.67. The Labute approximate surface area is 174 Å². The molecule has 0 fully saturated rings. The minimum atomic E-state index is -0.771. The average Bonchev–Trinajstić information content (AvgIpc) is 3.25. The highest BCUT2D eigenvalue weighted by Crippen LogP contribution is 2.34. The topological polar surface area (TPSA) is 93.9 Å². The molecule has 4 aromatic rings. The number of nitrogens with two attached hydrogens (primary N) is 1. The standard InChI is InChI=1S/C22H15F3N4O2/c23-14-7-5-13(18(25)10-14)11-31-19-4-2-1-3-15(19)16-9-12(6-8-17(16)24)21-27-22(20(26)30)29-28-21/h1-10H,11H2,(H2,26,30)(H,27,28,29). The Morgan fingerprint density at radius 2 is 1.77 bits per heavy atom. The van der Waals surface area contributed by atoms with Crippen LogP contribution in [0.2, 0.25) is 0 Å². The van der Waals surface area contributed by atoms with Crippen LogP contribution in [0.15, 0.2) is 60.7 Å². The maximum Gasteiger partial charge on any atom is 0.286 e. The summed E-state index contributed by atoms with van der Waals surface area (Å²) in [4.78, 5) is 15.2. The maximum atomic E-state index is 14.7. The van der Waals surface area contributed by atoms with E-state index in [2.05, 4.69) is 15.2 Å². The predicted octanol–water partition coefficient (Wildman–Crippen LogP) is 4.23. The summed E-state index contributed by atoms with van der Waals surface area (Å²) in [5.74, 6) is -2.37. The van der Waals surface area contributed by atoms with Crippen LogP contribution < -0.4 is 10.5 Å². The Morgan fingerprint density at radius 1 is 0.968 bits per heavy atom. The van der Waals surface area contributed by atoms with Crippen molar-refractivity contribution in [2.24, 2.45) is 5.73 Å². The van der Waals surface area contributed by atoms with Crippen LogP contribution in [0.1, 0.15) is 16.2 Å². The number of carbonyl (C=O) groups excluding carboxylic acids is 1. The molecule has 4 rings (SSSR count). The molecular weight excluding hydrogens is 409 g/mol. The first-order chi connectivity index (χ1) is 14.9. The fraction of sp³-hybridized carbons (Fsp3) is 0.0455. The summed E-state index contributed by atoms with van der Waals surface area (Å²) in [7, 11) is 0. The van der Waals surface area contributed by atoms with E-state index in [1.165, 1.54) is 24.3 Å². The van der Waals surface area contributed by atoms with Gasteiger partial charge in [0.1, 0.15) is 29.8 Å². The van der Waals surface area contributed by atoms with Crippen LogP contribution in [0.5, 0.6) is 5.75 Å². The van der Waals surface area contributed by atoms with Gasteiger partial charge in [0, 0.05) is 28.3 Å². The SMILES string of the molecule is NC(=O)c1nc(-c2ccc(F)c(-c3ccccc3OCc3ccc(F)cc3F)c2)n[nH]1. The highest BCUT2D eigenvalue weighted by molar-refractivity contribution is 5.89. The lowest BCUT2D eigenvalue weighted by atomic mass is 10.0. The van der Waals surface area contributed by atoms with E-state index in [9.17, 15) is 18.0 Å². The van der Waals surface area contributed by atoms with Crippen LogP contribution in [0.25, 0.3) is 22.5 Å². The van der Waals surface area contributed by atoms with E-state index < -0.39 is 23.4 Å². The molecule has 0 aliphatic heterocycles. The largest absolute Gasteiger partial charge is 0.488 e. The number of primary amides is 1. The van der Waals surface area contributed by atoms with Gasteiger partial charge in [0.15, 0.2) is 5.82 Å². The van der Waals surface area contributed by atoms with Gasteiger partial charge >= 0.3 is 0 Å². The summed E-state index contributed by atoms with van der Waals surface area (Å²) in [6.45, 7) is -0.173. The molecule has 1 amide bonds. The van der Waals surface area contributed by atoms with Crippen molar-refractivity contribution in [3.05, 3.63) is 89.5 Å². The molecule has 0 spiro atoms. The van der Waals surface area contributed by atoms with Gasteiger partial charge in [-0.1, -0.05) is 18.2 Å². The fourth-order valence-corrected chi connectivity index (χ4v) is 2.98. The lowest BCUT2D eigenvalue weighted by molar-refractivity contribution is 0.0991. The third kappa shape index (κ3) is 4.25. The van der Waals surface area contributed by atoms with Gasteiger partial charge in [0.2, 0.25) is 5.82 Å². The number of nitrogens with zero attached hydrogens (tertiary/aromatic N) is 2. The van der Waals surface area contributed by atoms with E-state index in [0.717, 1.165) is 12.1 Å². The van der Waals surface area contributed by atoms with E-state index in [-0.39, 0.29) is 29.4 Å². The summed E-state index contributed by atoms with van der Waals surface area (Å²) < 4.78 is 47.4. The number of aromatic nitrogens is 3. The average molecular weight is 424 g/mol. The van der Waals surface area contributed by atoms with Crippen molar-refractivity contribution in [1.82, 2.24) is 15.2 Å². The van der Waals surface area contributed by atoms with Crippen LogP contribution in [0.3, 0.4) is 0 Å². The molecule has 3 aromatic carbocycles. The molecule has 0 unspecified atom stereocenters. The summed E-state index contributed by atoms with van der Waals surface area (Å²) in [5, 5.41) is 6.34. The highest BCUT2D eigenvalue weighted by Gasteiger charge is 2.16. The molecule has 156 valence electrons. The van der Waals surface area contributed by atoms with E-state index in [1.54, 1.807) is 24.3 Å². The molecule has 0 saturated carbocycles. The number of hydrogen-bond acceptors (Lipinski definition) is 4. The lowest BCUT2D eigenvalue weighted by Gasteiger charge is -2.13. The van der Waals surface area contributed by atoms with Gasteiger partial charge in [0.05, 0.1) is 0 Å². The number of aromatic amines is 1. The van der Waals surface area contributed by atoms with Gasteiger partial charge in [-0.05, 0) is 36.4 Å². The van der Waals surface area contributed by atoms with Gasteiger partial charge in [-0.3, -0.25) is 9.89 Å². The molecule has 0 aliphatic carbocycles. The number of ether oxygens (including phenoxy) is 1. The summed E-state index contributed by atoms with van der Waals surface area (Å²) >= 11 is 0. The number of halogens is 3. The predicted molar refractivity (Wildman–Crippen MR) is 106 cm³/mol. The van der Waals surface area contributed by atoms with Gasteiger partial charge < -0.3 is 10.5 Å². The molecular formula is C22H15F3N4O2. The van der Waals surface area contributed by atoms with E-state index in [4.69, 9.17) is 10.5 Å². The molecule has 0 bridgehead atoms. The number of carbonyl (C=O) groups is 1. The second-order valence-corrected chi connectivity index (χ2v) is 6.59. The van der Waals surface area contributed by atoms with Crippen molar-refractivity contribution in [3.63, 3.8) is 0 Å². The Kier molecular flexibility index (Phi) is 5.40. The summed E-state index contributed by atoms with van der Waals surface area (Å²) in [5.41, 5.74) is 6.38. The normalized spacial score (nSPS) is 10.8. The van der Waals surface area contributed by atoms with Crippen molar-refractivity contribution in [2.45, 2.75) is 6.61 Å². The molecule has 3 N–H and O–H groups in total. The smallest absolute Gasteiger partial charge is 0.286 e. The number of H-pyrrole nitrogens is 1. The summed E-state index contributed by atoms with van der Waals surface area (Å²) in [6.07, 6.45) is 0. The van der Waals surface area contributed by atoms with Gasteiger partial charge in [-0.25, -0.2) is 18.2 Å². The van der Waals surface area contributed by atoms with E-state index in [1.807, 2.05) is 0 Å². The van der Waals surface area contributed by atoms with Gasteiger partial charge in [-0.15, -0.1) is 0 Å². The van der Waals surface area contributed by atoms with E-state index in [0.29, 0.717) is 16.9 Å². The Bertz CT molecular complexity index is 1270. The zero-order chi connectivity index (χ0) is 22.0. The fourth-order valence-electron chi connectivity index (χ4n) is 2.98. The quantitative estimate of drug-likeness (QED) is 0.484. The van der Waals surface area contributed by atoms with Crippen LogP contribution >= 0.6 is 0 Å². The highest BCUT2D eigenvalue weighted by atomic mass is 19.1. The van der Waals surface area contributed by atoms with Crippen LogP contribution in [0, 0.1) is 17.5 Å². The molecule has 1 aromatic heterocycles. The first-order valence-electron chi connectivity index (χ1n) is 9.10. The Hall–Kier alpha value is -4.14. The number of benzene rings is 3. The van der Waals surface area contributed by atoms with Crippen LogP contribution in [0.4, 0.5) is 13.2 Å². The zero-order valence-electron chi connectivity index (χ0n) is 15.9. The number of amides is 1. The van der Waals surface area contributed by atoms with Crippen molar-refractivity contribution in [3.8, 4) is 28.3 Å².